The van der Waals surface area contributed by atoms with Gasteiger partial charge >= 0.3 is 0 Å². The Kier molecular flexibility index (Phi) is 30.2. The number of nitriles is 2. The number of carbonyl (C=O) groups excluding carboxylic acids is 1. The summed E-state index contributed by atoms with van der Waals surface area (Å²) in [6.07, 6.45) is 11.5. The van der Waals surface area contributed by atoms with Crippen LogP contribution in [0.15, 0.2) is 218 Å². The van der Waals surface area contributed by atoms with Crippen molar-refractivity contribution in [3.63, 3.8) is 0 Å². The predicted molar refractivity (Wildman–Crippen MR) is 371 cm³/mol. The number of benzene rings is 6. The van der Waals surface area contributed by atoms with Gasteiger partial charge in [0.25, 0.3) is 5.91 Å². The summed E-state index contributed by atoms with van der Waals surface area (Å²) in [6, 6.07) is 45.2. The number of halogens is 9. The van der Waals surface area contributed by atoms with Crippen LogP contribution in [0.3, 0.4) is 0 Å². The normalized spacial score (nSPS) is 10.1. The Hall–Kier alpha value is -9.29. The number of nitrogens with zero attached hydrogens (tertiary/aromatic N) is 11. The van der Waals surface area contributed by atoms with E-state index < -0.39 is 18.5 Å². The molecule has 0 saturated carbocycles. The Balaban J connectivity index is 0.000000265. The predicted octanol–water partition coefficient (Wildman–Crippen LogP) is 15.3. The van der Waals surface area contributed by atoms with Crippen LogP contribution in [0, 0.1) is 40.1 Å². The van der Waals surface area contributed by atoms with Crippen molar-refractivity contribution in [1.82, 2.24) is 43.9 Å². The molecular formula is C68H56Br2Cl3F4N13O4W. The molecule has 1 amide bonds. The minimum Gasteiger partial charge on any atom is -0.370 e. The molecule has 486 valence electrons. The van der Waals surface area contributed by atoms with E-state index in [1.807, 2.05) is 79.8 Å². The number of amides is 1. The molecular weight excluding hydrogens is 1590 g/mol. The van der Waals surface area contributed by atoms with E-state index in [1.165, 1.54) is 60.6 Å². The van der Waals surface area contributed by atoms with E-state index >= 15 is 0 Å². The second-order valence-corrected chi connectivity index (χ2v) is 21.9. The number of anilines is 1. The first-order valence-electron chi connectivity index (χ1n) is 27.4. The third-order valence-corrected chi connectivity index (χ3v) is 14.5. The van der Waals surface area contributed by atoms with Crippen molar-refractivity contribution in [2.24, 2.45) is 5.73 Å². The molecule has 0 saturated heterocycles. The van der Waals surface area contributed by atoms with E-state index in [2.05, 4.69) is 62.1 Å². The summed E-state index contributed by atoms with van der Waals surface area (Å²) in [4.78, 5) is 69.4. The van der Waals surface area contributed by atoms with E-state index in [9.17, 15) is 42.0 Å². The molecule has 17 nitrogen and oxygen atoms in total. The van der Waals surface area contributed by atoms with E-state index in [-0.39, 0.29) is 96.8 Å². The Labute approximate surface area is 590 Å². The summed E-state index contributed by atoms with van der Waals surface area (Å²) < 4.78 is 61.5. The smallest absolute Gasteiger partial charge is 0.254 e. The van der Waals surface area contributed by atoms with E-state index in [0.717, 1.165) is 22.3 Å². The number of hydrogen-bond donors (Lipinski definition) is 2. The SMILES string of the molecule is C.C.CN(Cc1cccnc1)c1ccc2c(c1)c(=O)c(C#N)cn2-c1ccc(F)cc1.CNCc1cccnc1.Clc1nc(Cl)nc(Cl)n1.N#Cc1cn(-c2ccc(F)cc2)c2ccc(Br)cc2c1=O.NC(=O)c1cn(-c2ccc(F)cc2)c2ccc(Br)cc2c1=O.[2H]CF.[W]. The molecule has 3 N–H and O–H groups in total. The molecule has 0 aliphatic heterocycles. The van der Waals surface area contributed by atoms with Crippen molar-refractivity contribution in [2.45, 2.75) is 27.9 Å². The molecule has 0 unspecified atom stereocenters. The molecule has 12 aromatic rings. The van der Waals surface area contributed by atoms with Crippen LogP contribution in [0.2, 0.25) is 15.9 Å². The topological polar surface area (TPSA) is 236 Å². The number of nitrogens with one attached hydrogen (secondary N) is 1. The van der Waals surface area contributed by atoms with Crippen LogP contribution in [0.5, 0.6) is 0 Å². The Bertz CT molecular complexity index is 4840. The minimum atomic E-state index is -1.00. The molecule has 0 spiro atoms. The van der Waals surface area contributed by atoms with Crippen molar-refractivity contribution in [3.8, 4) is 29.2 Å². The summed E-state index contributed by atoms with van der Waals surface area (Å²) in [6.45, 7) is 1.53. The average molecular weight is 1650 g/mol. The van der Waals surface area contributed by atoms with E-state index in [1.54, 1.807) is 105 Å². The maximum absolute atomic E-state index is 13.3. The largest absolute Gasteiger partial charge is 0.370 e. The van der Waals surface area contributed by atoms with Gasteiger partial charge in [0, 0.05) is 132 Å². The van der Waals surface area contributed by atoms with Crippen molar-refractivity contribution in [3.05, 3.63) is 296 Å². The molecule has 0 aliphatic carbocycles. The van der Waals surface area contributed by atoms with E-state index in [0.29, 0.717) is 60.8 Å². The number of aromatic nitrogens is 8. The van der Waals surface area contributed by atoms with Gasteiger partial charge in [0.1, 0.15) is 46.3 Å². The van der Waals surface area contributed by atoms with Gasteiger partial charge in [-0.3, -0.25) is 33.5 Å². The number of carbonyl (C=O) groups is 1. The van der Waals surface area contributed by atoms with Crippen molar-refractivity contribution in [1.29, 1.82) is 10.5 Å². The van der Waals surface area contributed by atoms with Crippen molar-refractivity contribution in [2.75, 3.05) is 26.1 Å². The fraction of sp³-hybridized carbons (Fsp3) is 0.103. The number of rotatable bonds is 9. The van der Waals surface area contributed by atoms with Gasteiger partial charge in [-0.15, -0.1) is 0 Å². The molecule has 0 aliphatic rings. The van der Waals surface area contributed by atoms with Gasteiger partial charge in [-0.25, -0.2) is 13.2 Å². The maximum Gasteiger partial charge on any atom is 0.254 e. The van der Waals surface area contributed by atoms with Crippen LogP contribution in [0.25, 0.3) is 49.8 Å². The summed E-state index contributed by atoms with van der Waals surface area (Å²) >= 11 is 22.6. The molecule has 0 bridgehead atoms. The zero-order chi connectivity index (χ0) is 67.3. The monoisotopic (exact) mass is 1640 g/mol. The first-order valence-corrected chi connectivity index (χ1v) is 29.4. The third kappa shape index (κ3) is 20.9. The molecule has 12 rings (SSSR count). The quantitative estimate of drug-likeness (QED) is 0.128. The Morgan fingerprint density at radius 1 is 0.600 bits per heavy atom. The summed E-state index contributed by atoms with van der Waals surface area (Å²) in [7, 11) is 2.85. The number of alkyl halides is 1. The Morgan fingerprint density at radius 3 is 1.34 bits per heavy atom. The van der Waals surface area contributed by atoms with Gasteiger partial charge in [0.2, 0.25) is 32.1 Å². The summed E-state index contributed by atoms with van der Waals surface area (Å²) in [5.41, 5.74) is 11.2. The third-order valence-electron chi connectivity index (χ3n) is 13.0. The van der Waals surface area contributed by atoms with Gasteiger partial charge in [-0.05, 0) is 193 Å². The van der Waals surface area contributed by atoms with Crippen LogP contribution >= 0.6 is 66.7 Å². The van der Waals surface area contributed by atoms with Gasteiger partial charge < -0.3 is 29.7 Å². The molecule has 95 heavy (non-hydrogen) atoms. The molecule has 0 fully saturated rings. The molecule has 0 radical (unpaired) electrons. The number of nitrogens with two attached hydrogens (primary N) is 1. The fourth-order valence-corrected chi connectivity index (χ4v) is 10.1. The molecule has 6 aromatic heterocycles. The van der Waals surface area contributed by atoms with Gasteiger partial charge in [0.15, 0.2) is 0 Å². The van der Waals surface area contributed by atoms with Crippen LogP contribution in [-0.4, -0.2) is 65.8 Å². The average Bonchev–Trinajstić information content (AvgIpc) is 0.797. The minimum absolute atomic E-state index is 0. The first-order chi connectivity index (χ1) is 44.7. The molecule has 27 heteroatoms. The number of fused-ring (bicyclic) bond motifs is 3. The van der Waals surface area contributed by atoms with E-state index in [4.69, 9.17) is 47.2 Å². The second-order valence-electron chi connectivity index (χ2n) is 19.0. The summed E-state index contributed by atoms with van der Waals surface area (Å²) in [5.74, 6) is -1.86. The number of primary amides is 1. The van der Waals surface area contributed by atoms with Crippen molar-refractivity contribution < 1.29 is 44.8 Å². The van der Waals surface area contributed by atoms with Gasteiger partial charge in [-0.2, -0.15) is 25.5 Å². The number of pyridine rings is 5. The van der Waals surface area contributed by atoms with Gasteiger partial charge in [0.05, 0.1) is 25.1 Å². The standard InChI is InChI=1S/C23H17FN4O.C16H10BrFN2O2.C16H8BrFN2O.C7H10N2.C3Cl3N3.CH3F.2CH4.W/c1-27(14-16-3-2-10-26-13-16)20-8-9-22-21(11-20)23(29)17(12-25)15-28(22)19-6-4-18(24)5-7-19;17-9-1-6-14-12(7-9)15(21)13(16(19)22)8-20(14)11-4-2-10(18)3-5-11;17-11-1-6-15-14(7-11)16(21)10(8-19)9-20(15)13-4-2-12(18)3-5-13;1-8-5-7-3-2-4-9-6-7;4-1-7-2(5)9-3(6)8-1;1-2;;;/h2-11,13,15H,14H2,1H3;1-8H,(H2,19,22);1-7,9H;2-4,6,8H,5H2,1H3;;1H3;2*1H4;/i;;;;;1D;;;. The molecule has 6 aromatic carbocycles. The second kappa shape index (κ2) is 37.6. The first kappa shape index (κ1) is 76.4. The van der Waals surface area contributed by atoms with Crippen LogP contribution in [0.1, 0.15) is 48.8 Å². The Morgan fingerprint density at radius 2 is 0.968 bits per heavy atom. The zero-order valence-corrected chi connectivity index (χ0v) is 56.9. The fourth-order valence-electron chi connectivity index (χ4n) is 8.81. The molecule has 6 heterocycles. The van der Waals surface area contributed by atoms with Crippen molar-refractivity contribution >= 4 is 111 Å². The zero-order valence-electron chi connectivity index (χ0n) is 49.5. The van der Waals surface area contributed by atoms with Crippen LogP contribution in [-0.2, 0) is 34.2 Å². The number of hydrogen-bond acceptors (Lipinski definition) is 13. The van der Waals surface area contributed by atoms with Crippen LogP contribution in [0.4, 0.5) is 23.2 Å². The van der Waals surface area contributed by atoms with Crippen LogP contribution < -0.4 is 32.2 Å². The maximum atomic E-state index is 13.3. The molecule has 0 atom stereocenters. The summed E-state index contributed by atoms with van der Waals surface area (Å²) in [5, 5.41) is 22.8. The van der Waals surface area contributed by atoms with Gasteiger partial charge in [-0.1, -0.05) is 58.8 Å².